The molecule has 3 aliphatic carbocycles. The van der Waals surface area contributed by atoms with E-state index in [1.807, 2.05) is 0 Å². The molecule has 0 heterocycles. The zero-order chi connectivity index (χ0) is 11.9. The molecule has 0 saturated heterocycles. The maximum Gasteiger partial charge on any atom is 0.0327 e. The highest BCUT2D eigenvalue weighted by Gasteiger charge is 2.41. The highest BCUT2D eigenvalue weighted by Crippen LogP contribution is 2.48. The standard InChI is InChI=1S/C15H28N2/c1-17(2)15(6-3-7-15)11-16-10-14-9-12-4-5-13(14)8-12/h12-14,16H,3-11H2,1-2H3. The number of fused-ring (bicyclic) bond motifs is 2. The quantitative estimate of drug-likeness (QED) is 0.789. The van der Waals surface area contributed by atoms with Gasteiger partial charge in [-0.2, -0.15) is 0 Å². The molecule has 3 unspecified atom stereocenters. The number of rotatable bonds is 5. The monoisotopic (exact) mass is 236 g/mol. The molecule has 2 heteroatoms. The van der Waals surface area contributed by atoms with Crippen molar-refractivity contribution in [1.82, 2.24) is 10.2 Å². The summed E-state index contributed by atoms with van der Waals surface area (Å²) in [5, 5.41) is 3.79. The minimum absolute atomic E-state index is 0.498. The summed E-state index contributed by atoms with van der Waals surface area (Å²) in [6, 6.07) is 0. The molecule has 3 fully saturated rings. The third-order valence-electron chi connectivity index (χ3n) is 5.98. The molecule has 2 nitrogen and oxygen atoms in total. The molecule has 0 radical (unpaired) electrons. The summed E-state index contributed by atoms with van der Waals surface area (Å²) in [4.78, 5) is 2.45. The van der Waals surface area contributed by atoms with Gasteiger partial charge < -0.3 is 10.2 Å². The van der Waals surface area contributed by atoms with Crippen LogP contribution in [-0.2, 0) is 0 Å². The molecule has 17 heavy (non-hydrogen) atoms. The Labute approximate surface area is 106 Å². The van der Waals surface area contributed by atoms with Gasteiger partial charge in [0.1, 0.15) is 0 Å². The smallest absolute Gasteiger partial charge is 0.0327 e. The van der Waals surface area contributed by atoms with Crippen molar-refractivity contribution in [2.24, 2.45) is 17.8 Å². The van der Waals surface area contributed by atoms with Crippen molar-refractivity contribution in [1.29, 1.82) is 0 Å². The van der Waals surface area contributed by atoms with Crippen LogP contribution in [0.5, 0.6) is 0 Å². The van der Waals surface area contributed by atoms with Gasteiger partial charge in [-0.25, -0.2) is 0 Å². The minimum Gasteiger partial charge on any atom is -0.315 e. The van der Waals surface area contributed by atoms with E-state index < -0.39 is 0 Å². The second kappa shape index (κ2) is 4.55. The summed E-state index contributed by atoms with van der Waals surface area (Å²) in [5.41, 5.74) is 0.498. The normalized spacial score (nSPS) is 38.6. The fourth-order valence-electron chi connectivity index (χ4n) is 4.48. The molecular weight excluding hydrogens is 208 g/mol. The molecular formula is C15H28N2. The lowest BCUT2D eigenvalue weighted by Crippen LogP contribution is -2.56. The first-order valence-electron chi connectivity index (χ1n) is 7.58. The SMILES string of the molecule is CN(C)C1(CNCC2CC3CCC2C3)CCC1. The van der Waals surface area contributed by atoms with E-state index in [4.69, 9.17) is 0 Å². The number of likely N-dealkylation sites (N-methyl/N-ethyl adjacent to an activating group) is 1. The van der Waals surface area contributed by atoms with Gasteiger partial charge in [0.05, 0.1) is 0 Å². The Kier molecular flexibility index (Phi) is 3.20. The van der Waals surface area contributed by atoms with Crippen molar-refractivity contribution in [2.75, 3.05) is 27.2 Å². The summed E-state index contributed by atoms with van der Waals surface area (Å²) in [6.45, 7) is 2.50. The van der Waals surface area contributed by atoms with Crippen molar-refractivity contribution in [3.05, 3.63) is 0 Å². The zero-order valence-corrected chi connectivity index (χ0v) is 11.5. The van der Waals surface area contributed by atoms with Crippen LogP contribution in [0.2, 0.25) is 0 Å². The Morgan fingerprint density at radius 2 is 2.00 bits per heavy atom. The van der Waals surface area contributed by atoms with Crippen molar-refractivity contribution < 1.29 is 0 Å². The highest BCUT2D eigenvalue weighted by atomic mass is 15.2. The second-order valence-corrected chi connectivity index (χ2v) is 7.04. The largest absolute Gasteiger partial charge is 0.315 e. The van der Waals surface area contributed by atoms with Crippen molar-refractivity contribution in [3.8, 4) is 0 Å². The first kappa shape index (κ1) is 12.0. The number of hydrogen-bond donors (Lipinski definition) is 1. The Bertz CT molecular complexity index is 270. The van der Waals surface area contributed by atoms with Gasteiger partial charge in [0, 0.05) is 12.1 Å². The molecule has 0 aliphatic heterocycles. The lowest BCUT2D eigenvalue weighted by Gasteiger charge is -2.47. The molecule has 3 rings (SSSR count). The summed E-state index contributed by atoms with van der Waals surface area (Å²) >= 11 is 0. The van der Waals surface area contributed by atoms with E-state index in [-0.39, 0.29) is 0 Å². The van der Waals surface area contributed by atoms with Crippen molar-refractivity contribution in [3.63, 3.8) is 0 Å². The zero-order valence-electron chi connectivity index (χ0n) is 11.5. The van der Waals surface area contributed by atoms with E-state index in [0.29, 0.717) is 5.54 Å². The molecule has 0 spiro atoms. The van der Waals surface area contributed by atoms with E-state index in [1.165, 1.54) is 51.6 Å². The first-order chi connectivity index (χ1) is 8.20. The number of nitrogens with one attached hydrogen (secondary N) is 1. The van der Waals surface area contributed by atoms with Crippen LogP contribution in [0.15, 0.2) is 0 Å². The van der Waals surface area contributed by atoms with Crippen LogP contribution in [-0.4, -0.2) is 37.6 Å². The Balaban J connectivity index is 1.43. The highest BCUT2D eigenvalue weighted by molar-refractivity contribution is 4.98. The molecule has 2 bridgehead atoms. The van der Waals surface area contributed by atoms with E-state index in [2.05, 4.69) is 24.3 Å². The van der Waals surface area contributed by atoms with E-state index >= 15 is 0 Å². The summed E-state index contributed by atoms with van der Waals surface area (Å²) < 4.78 is 0. The topological polar surface area (TPSA) is 15.3 Å². The van der Waals surface area contributed by atoms with Gasteiger partial charge in [0.25, 0.3) is 0 Å². The van der Waals surface area contributed by atoms with Gasteiger partial charge in [0.15, 0.2) is 0 Å². The maximum atomic E-state index is 3.79. The van der Waals surface area contributed by atoms with E-state index in [9.17, 15) is 0 Å². The summed E-state index contributed by atoms with van der Waals surface area (Å²) in [5.74, 6) is 3.18. The number of nitrogens with zero attached hydrogens (tertiary/aromatic N) is 1. The Hall–Kier alpha value is -0.0800. The van der Waals surface area contributed by atoms with Gasteiger partial charge in [-0.05, 0) is 76.9 Å². The second-order valence-electron chi connectivity index (χ2n) is 7.04. The molecule has 0 aromatic carbocycles. The summed E-state index contributed by atoms with van der Waals surface area (Å²) in [7, 11) is 4.50. The third kappa shape index (κ3) is 2.15. The molecule has 0 aromatic rings. The van der Waals surface area contributed by atoms with Crippen molar-refractivity contribution in [2.45, 2.75) is 50.5 Å². The number of hydrogen-bond acceptors (Lipinski definition) is 2. The maximum absolute atomic E-state index is 3.79. The molecule has 0 amide bonds. The Morgan fingerprint density at radius 1 is 1.18 bits per heavy atom. The van der Waals surface area contributed by atoms with Gasteiger partial charge >= 0.3 is 0 Å². The van der Waals surface area contributed by atoms with Gasteiger partial charge in [-0.3, -0.25) is 0 Å². The first-order valence-corrected chi connectivity index (χ1v) is 7.58. The van der Waals surface area contributed by atoms with Crippen LogP contribution in [0, 0.1) is 17.8 Å². The molecule has 1 N–H and O–H groups in total. The predicted octanol–water partition coefficient (Wildman–Crippen LogP) is 2.50. The average molecular weight is 236 g/mol. The van der Waals surface area contributed by atoms with Gasteiger partial charge in [-0.1, -0.05) is 6.42 Å². The summed E-state index contributed by atoms with van der Waals surface area (Å²) in [6.07, 6.45) is 10.3. The molecule has 0 aromatic heterocycles. The van der Waals surface area contributed by atoms with Crippen LogP contribution >= 0.6 is 0 Å². The molecule has 3 atom stereocenters. The fraction of sp³-hybridized carbons (Fsp3) is 1.00. The third-order valence-corrected chi connectivity index (χ3v) is 5.98. The van der Waals surface area contributed by atoms with Crippen LogP contribution < -0.4 is 5.32 Å². The molecule has 98 valence electrons. The lowest BCUT2D eigenvalue weighted by atomic mass is 9.75. The van der Waals surface area contributed by atoms with Gasteiger partial charge in [0.2, 0.25) is 0 Å². The van der Waals surface area contributed by atoms with Crippen LogP contribution in [0.25, 0.3) is 0 Å². The van der Waals surface area contributed by atoms with Crippen molar-refractivity contribution >= 4 is 0 Å². The van der Waals surface area contributed by atoms with Crippen LogP contribution in [0.1, 0.15) is 44.9 Å². The minimum atomic E-state index is 0.498. The predicted molar refractivity (Wildman–Crippen MR) is 72.1 cm³/mol. The fourth-order valence-corrected chi connectivity index (χ4v) is 4.48. The Morgan fingerprint density at radius 3 is 2.47 bits per heavy atom. The van der Waals surface area contributed by atoms with Crippen LogP contribution in [0.4, 0.5) is 0 Å². The molecule has 3 aliphatic rings. The van der Waals surface area contributed by atoms with Gasteiger partial charge in [-0.15, -0.1) is 0 Å². The lowest BCUT2D eigenvalue weighted by molar-refractivity contribution is 0.0584. The van der Waals surface area contributed by atoms with E-state index in [0.717, 1.165) is 17.8 Å². The van der Waals surface area contributed by atoms with Crippen LogP contribution in [0.3, 0.4) is 0 Å². The van der Waals surface area contributed by atoms with E-state index in [1.54, 1.807) is 6.42 Å². The molecule has 3 saturated carbocycles. The average Bonchev–Trinajstić information content (AvgIpc) is 2.82.